The highest BCUT2D eigenvalue weighted by molar-refractivity contribution is 6.14. The van der Waals surface area contributed by atoms with Crippen molar-refractivity contribution in [3.05, 3.63) is 28.8 Å². The largest absolute Gasteiger partial charge is 0.272 e. The number of nitrogens with zero attached hydrogens (tertiary/aromatic N) is 2. The molecule has 0 radical (unpaired) electrons. The molecule has 0 atom stereocenters. The van der Waals surface area contributed by atoms with Gasteiger partial charge in [0, 0.05) is 0 Å². The van der Waals surface area contributed by atoms with Crippen molar-refractivity contribution in [1.29, 1.82) is 0 Å². The first-order valence-electron chi connectivity index (χ1n) is 7.54. The van der Waals surface area contributed by atoms with Crippen LogP contribution in [0.15, 0.2) is 17.2 Å². The highest BCUT2D eigenvalue weighted by Gasteiger charge is 2.32. The predicted molar refractivity (Wildman–Crippen MR) is 82.1 cm³/mol. The van der Waals surface area contributed by atoms with Gasteiger partial charge in [0.2, 0.25) is 0 Å². The molecule has 0 bridgehead atoms. The normalized spacial score (nSPS) is 19.9. The Morgan fingerprint density at radius 2 is 1.70 bits per heavy atom. The van der Waals surface area contributed by atoms with E-state index in [1.165, 1.54) is 31.2 Å². The van der Waals surface area contributed by atoms with Crippen molar-refractivity contribution in [2.45, 2.75) is 52.9 Å². The second-order valence-corrected chi connectivity index (χ2v) is 6.20. The van der Waals surface area contributed by atoms with Gasteiger partial charge in [-0.3, -0.25) is 4.79 Å². The van der Waals surface area contributed by atoms with Gasteiger partial charge in [-0.25, -0.2) is 0 Å². The van der Waals surface area contributed by atoms with Crippen LogP contribution in [0.25, 0.3) is 0 Å². The van der Waals surface area contributed by atoms with E-state index in [2.05, 4.69) is 38.0 Å². The molecule has 3 nitrogen and oxygen atoms in total. The van der Waals surface area contributed by atoms with E-state index in [-0.39, 0.29) is 5.91 Å². The van der Waals surface area contributed by atoms with E-state index >= 15 is 0 Å². The van der Waals surface area contributed by atoms with Crippen LogP contribution < -0.4 is 5.01 Å². The minimum absolute atomic E-state index is 0.127. The molecule has 2 aliphatic rings. The summed E-state index contributed by atoms with van der Waals surface area (Å²) < 4.78 is 0. The third-order valence-electron chi connectivity index (χ3n) is 4.47. The van der Waals surface area contributed by atoms with Crippen molar-refractivity contribution >= 4 is 17.3 Å². The van der Waals surface area contributed by atoms with E-state index < -0.39 is 0 Å². The first kappa shape index (κ1) is 13.3. The number of amides is 1. The van der Waals surface area contributed by atoms with Gasteiger partial charge in [-0.05, 0) is 50.7 Å². The van der Waals surface area contributed by atoms with Gasteiger partial charge < -0.3 is 0 Å². The number of anilines is 1. The first-order valence-corrected chi connectivity index (χ1v) is 7.54. The zero-order valence-corrected chi connectivity index (χ0v) is 12.6. The second kappa shape index (κ2) is 5.04. The van der Waals surface area contributed by atoms with Crippen LogP contribution in [0, 0.1) is 26.7 Å². The zero-order chi connectivity index (χ0) is 14.3. The molecule has 0 N–H and O–H groups in total. The number of hydrazone groups is 1. The van der Waals surface area contributed by atoms with Crippen LogP contribution in [0.1, 0.15) is 48.8 Å². The molecule has 0 aromatic heterocycles. The number of rotatable bonds is 2. The Labute approximate surface area is 120 Å². The molecular weight excluding hydrogens is 248 g/mol. The van der Waals surface area contributed by atoms with E-state index in [1.54, 1.807) is 5.01 Å². The predicted octanol–water partition coefficient (Wildman–Crippen LogP) is 3.89. The van der Waals surface area contributed by atoms with Crippen LogP contribution in [-0.2, 0) is 4.79 Å². The molecule has 1 heterocycles. The van der Waals surface area contributed by atoms with Crippen LogP contribution in [0.4, 0.5) is 5.69 Å². The first-order chi connectivity index (χ1) is 9.56. The summed E-state index contributed by atoms with van der Waals surface area (Å²) in [6.45, 7) is 6.21. The van der Waals surface area contributed by atoms with Crippen molar-refractivity contribution in [2.75, 3.05) is 5.01 Å². The standard InChI is InChI=1S/C17H22N2O/c1-11-8-12(2)17(13(3)9-11)19-16(20)10-15(18-19)14-6-4-5-7-14/h8-9,14H,4-7,10H2,1-3H3. The number of carbonyl (C=O) groups excluding carboxylic acids is 1. The van der Waals surface area contributed by atoms with Crippen molar-refractivity contribution in [3.63, 3.8) is 0 Å². The summed E-state index contributed by atoms with van der Waals surface area (Å²) in [5.41, 5.74) is 5.58. The third kappa shape index (κ3) is 2.26. The summed E-state index contributed by atoms with van der Waals surface area (Å²) in [7, 11) is 0. The molecule has 0 spiro atoms. The van der Waals surface area contributed by atoms with E-state index in [1.807, 2.05) is 0 Å². The van der Waals surface area contributed by atoms with Crippen LogP contribution in [0.5, 0.6) is 0 Å². The number of aryl methyl sites for hydroxylation is 3. The molecule has 1 amide bonds. The van der Waals surface area contributed by atoms with E-state index in [0.717, 1.165) is 22.5 Å². The number of hydrogen-bond acceptors (Lipinski definition) is 2. The zero-order valence-electron chi connectivity index (χ0n) is 12.6. The maximum Gasteiger partial charge on any atom is 0.253 e. The fraction of sp³-hybridized carbons (Fsp3) is 0.529. The van der Waals surface area contributed by atoms with Crippen LogP contribution in [-0.4, -0.2) is 11.6 Å². The van der Waals surface area contributed by atoms with Crippen LogP contribution in [0.3, 0.4) is 0 Å². The van der Waals surface area contributed by atoms with Crippen LogP contribution in [0.2, 0.25) is 0 Å². The van der Waals surface area contributed by atoms with E-state index in [9.17, 15) is 4.79 Å². The lowest BCUT2D eigenvalue weighted by molar-refractivity contribution is -0.116. The van der Waals surface area contributed by atoms with Gasteiger partial charge in [-0.2, -0.15) is 10.1 Å². The molecule has 106 valence electrons. The van der Waals surface area contributed by atoms with E-state index in [4.69, 9.17) is 0 Å². The Morgan fingerprint density at radius 3 is 2.30 bits per heavy atom. The Morgan fingerprint density at radius 1 is 1.10 bits per heavy atom. The van der Waals surface area contributed by atoms with Crippen molar-refractivity contribution in [1.82, 2.24) is 0 Å². The fourth-order valence-corrected chi connectivity index (χ4v) is 3.62. The topological polar surface area (TPSA) is 32.7 Å². The molecule has 1 aromatic carbocycles. The van der Waals surface area contributed by atoms with Gasteiger partial charge in [-0.15, -0.1) is 0 Å². The minimum Gasteiger partial charge on any atom is -0.272 e. The molecule has 3 rings (SSSR count). The Kier molecular flexibility index (Phi) is 3.36. The van der Waals surface area contributed by atoms with Gasteiger partial charge in [0.15, 0.2) is 0 Å². The maximum absolute atomic E-state index is 12.3. The summed E-state index contributed by atoms with van der Waals surface area (Å²) in [6, 6.07) is 4.25. The summed E-state index contributed by atoms with van der Waals surface area (Å²) in [4.78, 5) is 12.3. The average Bonchev–Trinajstić information content (AvgIpc) is 2.98. The lowest BCUT2D eigenvalue weighted by Gasteiger charge is -2.18. The molecule has 1 fully saturated rings. The molecule has 3 heteroatoms. The summed E-state index contributed by atoms with van der Waals surface area (Å²) in [5.74, 6) is 0.664. The highest BCUT2D eigenvalue weighted by Crippen LogP contribution is 2.34. The average molecular weight is 270 g/mol. The van der Waals surface area contributed by atoms with Crippen molar-refractivity contribution in [2.24, 2.45) is 11.0 Å². The monoisotopic (exact) mass is 270 g/mol. The quantitative estimate of drug-likeness (QED) is 0.802. The third-order valence-corrected chi connectivity index (χ3v) is 4.47. The molecule has 1 saturated carbocycles. The Bertz CT molecular complexity index is 560. The molecule has 0 saturated heterocycles. The Balaban J connectivity index is 1.96. The Hall–Kier alpha value is -1.64. The lowest BCUT2D eigenvalue weighted by Crippen LogP contribution is -2.21. The summed E-state index contributed by atoms with van der Waals surface area (Å²) in [6.07, 6.45) is 5.47. The minimum atomic E-state index is 0.127. The molecule has 1 aliphatic carbocycles. The fourth-order valence-electron chi connectivity index (χ4n) is 3.62. The second-order valence-electron chi connectivity index (χ2n) is 6.20. The number of carbonyl (C=O) groups is 1. The van der Waals surface area contributed by atoms with Crippen molar-refractivity contribution < 1.29 is 4.79 Å². The van der Waals surface area contributed by atoms with E-state index in [0.29, 0.717) is 12.3 Å². The smallest absolute Gasteiger partial charge is 0.253 e. The lowest BCUT2D eigenvalue weighted by atomic mass is 10.00. The van der Waals surface area contributed by atoms with Gasteiger partial charge in [-0.1, -0.05) is 30.5 Å². The maximum atomic E-state index is 12.3. The molecule has 20 heavy (non-hydrogen) atoms. The highest BCUT2D eigenvalue weighted by atomic mass is 16.2. The number of benzene rings is 1. The SMILES string of the molecule is Cc1cc(C)c(N2N=C(C3CCCC3)CC2=O)c(C)c1. The molecule has 0 unspecified atom stereocenters. The molecule has 1 aliphatic heterocycles. The molecular formula is C17H22N2O. The van der Waals surface area contributed by atoms with Gasteiger partial charge in [0.05, 0.1) is 17.8 Å². The molecule has 1 aromatic rings. The van der Waals surface area contributed by atoms with Crippen molar-refractivity contribution in [3.8, 4) is 0 Å². The van der Waals surface area contributed by atoms with Gasteiger partial charge in [0.25, 0.3) is 5.91 Å². The summed E-state index contributed by atoms with van der Waals surface area (Å²) >= 11 is 0. The van der Waals surface area contributed by atoms with Gasteiger partial charge >= 0.3 is 0 Å². The number of hydrogen-bond donors (Lipinski definition) is 0. The van der Waals surface area contributed by atoms with Crippen LogP contribution >= 0.6 is 0 Å². The summed E-state index contributed by atoms with van der Waals surface area (Å²) in [5, 5.41) is 6.32. The van der Waals surface area contributed by atoms with Gasteiger partial charge in [0.1, 0.15) is 0 Å².